The van der Waals surface area contributed by atoms with Crippen LogP contribution in [-0.4, -0.2) is 76.8 Å². The Labute approximate surface area is 184 Å². The lowest BCUT2D eigenvalue weighted by Crippen LogP contribution is -2.60. The smallest absolute Gasteiger partial charge is 0.246 e. The van der Waals surface area contributed by atoms with Crippen LogP contribution in [0.2, 0.25) is 0 Å². The van der Waals surface area contributed by atoms with E-state index in [0.29, 0.717) is 32.6 Å². The van der Waals surface area contributed by atoms with Crippen LogP contribution < -0.4 is 0 Å². The third kappa shape index (κ3) is 5.02. The van der Waals surface area contributed by atoms with Crippen molar-refractivity contribution >= 4 is 11.8 Å². The fourth-order valence-electron chi connectivity index (χ4n) is 4.53. The van der Waals surface area contributed by atoms with Gasteiger partial charge in [-0.1, -0.05) is 36.4 Å². The molecule has 2 aromatic rings. The van der Waals surface area contributed by atoms with Gasteiger partial charge in [0.25, 0.3) is 0 Å². The summed E-state index contributed by atoms with van der Waals surface area (Å²) >= 11 is 0. The molecule has 2 aliphatic heterocycles. The van der Waals surface area contributed by atoms with Crippen molar-refractivity contribution in [3.05, 3.63) is 67.0 Å². The Morgan fingerprint density at radius 3 is 2.65 bits per heavy atom. The molecule has 2 amide bonds. The highest BCUT2D eigenvalue weighted by molar-refractivity contribution is 5.90. The van der Waals surface area contributed by atoms with E-state index < -0.39 is 6.04 Å². The number of benzene rings is 1. The number of likely N-dealkylation sites (tertiary alicyclic amines) is 1. The number of nitrogens with zero attached hydrogens (tertiary/aromatic N) is 4. The first-order valence-corrected chi connectivity index (χ1v) is 11.1. The van der Waals surface area contributed by atoms with E-state index in [2.05, 4.69) is 22.5 Å². The molecule has 31 heavy (non-hydrogen) atoms. The molecule has 3 heterocycles. The zero-order valence-corrected chi connectivity index (χ0v) is 17.9. The van der Waals surface area contributed by atoms with Crippen molar-refractivity contribution in [3.63, 3.8) is 0 Å². The van der Waals surface area contributed by atoms with E-state index in [4.69, 9.17) is 0 Å². The van der Waals surface area contributed by atoms with Crippen molar-refractivity contribution in [2.45, 2.75) is 25.3 Å². The number of carbonyl (C=O) groups is 2. The van der Waals surface area contributed by atoms with Crippen LogP contribution in [0.3, 0.4) is 0 Å². The summed E-state index contributed by atoms with van der Waals surface area (Å²) in [6, 6.07) is 11.6. The lowest BCUT2D eigenvalue weighted by Gasteiger charge is -2.41. The topological polar surface area (TPSA) is 56.8 Å². The highest BCUT2D eigenvalue weighted by Gasteiger charge is 2.37. The Hall–Kier alpha value is -2.99. The Balaban J connectivity index is 1.55. The quantitative estimate of drug-likeness (QED) is 0.649. The number of pyridine rings is 1. The molecule has 1 aromatic heterocycles. The summed E-state index contributed by atoms with van der Waals surface area (Å²) in [5.41, 5.74) is 3.14. The maximum Gasteiger partial charge on any atom is 0.246 e. The van der Waals surface area contributed by atoms with Crippen LogP contribution in [0.5, 0.6) is 0 Å². The Morgan fingerprint density at radius 2 is 1.90 bits per heavy atom. The second-order valence-electron chi connectivity index (χ2n) is 8.31. The molecule has 0 saturated carbocycles. The molecule has 6 heteroatoms. The van der Waals surface area contributed by atoms with E-state index in [0.717, 1.165) is 42.6 Å². The molecule has 162 valence electrons. The van der Waals surface area contributed by atoms with Gasteiger partial charge in [-0.25, -0.2) is 0 Å². The molecule has 2 fully saturated rings. The van der Waals surface area contributed by atoms with Crippen molar-refractivity contribution < 1.29 is 9.59 Å². The van der Waals surface area contributed by atoms with Crippen LogP contribution in [0.25, 0.3) is 11.1 Å². The monoisotopic (exact) mass is 418 g/mol. The minimum atomic E-state index is -0.479. The zero-order valence-electron chi connectivity index (χ0n) is 17.9. The van der Waals surface area contributed by atoms with E-state index in [1.54, 1.807) is 17.2 Å². The third-order valence-electron chi connectivity index (χ3n) is 6.16. The van der Waals surface area contributed by atoms with Crippen molar-refractivity contribution in [2.75, 3.05) is 39.3 Å². The molecule has 2 aliphatic rings. The van der Waals surface area contributed by atoms with Gasteiger partial charge in [0, 0.05) is 38.4 Å². The van der Waals surface area contributed by atoms with E-state index in [-0.39, 0.29) is 11.8 Å². The maximum atomic E-state index is 13.3. The van der Waals surface area contributed by atoms with Gasteiger partial charge in [-0.05, 0) is 48.7 Å². The van der Waals surface area contributed by atoms with Gasteiger partial charge in [0.2, 0.25) is 11.8 Å². The molecular formula is C25H30N4O2. The van der Waals surface area contributed by atoms with E-state index >= 15 is 0 Å². The summed E-state index contributed by atoms with van der Waals surface area (Å²) in [7, 11) is 0. The minimum Gasteiger partial charge on any atom is -0.335 e. The lowest BCUT2D eigenvalue weighted by atomic mass is 9.97. The normalized spacial score (nSPS) is 19.6. The highest BCUT2D eigenvalue weighted by atomic mass is 16.2. The molecule has 1 aromatic carbocycles. The Morgan fingerprint density at radius 1 is 1.10 bits per heavy atom. The van der Waals surface area contributed by atoms with E-state index in [1.807, 2.05) is 41.4 Å². The lowest BCUT2D eigenvalue weighted by molar-refractivity contribution is -0.151. The first-order valence-electron chi connectivity index (χ1n) is 11.1. The molecule has 0 spiro atoms. The number of piperazine rings is 1. The first kappa shape index (κ1) is 21.2. The number of amides is 2. The van der Waals surface area contributed by atoms with Gasteiger partial charge in [-0.3, -0.25) is 19.5 Å². The number of carbonyl (C=O) groups excluding carboxylic acids is 2. The summed E-state index contributed by atoms with van der Waals surface area (Å²) in [5.74, 6) is 0.0645. The van der Waals surface area contributed by atoms with Crippen LogP contribution in [0, 0.1) is 0 Å². The molecule has 6 nitrogen and oxygen atoms in total. The van der Waals surface area contributed by atoms with Crippen molar-refractivity contribution in [3.8, 4) is 11.1 Å². The average Bonchev–Trinajstić information content (AvgIpc) is 3.30. The van der Waals surface area contributed by atoms with Crippen molar-refractivity contribution in [2.24, 2.45) is 0 Å². The minimum absolute atomic E-state index is 0.00713. The fraction of sp³-hybridized carbons (Fsp3) is 0.400. The van der Waals surface area contributed by atoms with Crippen molar-refractivity contribution in [1.82, 2.24) is 19.7 Å². The average molecular weight is 419 g/mol. The van der Waals surface area contributed by atoms with Gasteiger partial charge < -0.3 is 9.80 Å². The van der Waals surface area contributed by atoms with Crippen LogP contribution in [-0.2, 0) is 16.0 Å². The number of aromatic nitrogens is 1. The molecular weight excluding hydrogens is 388 g/mol. The molecule has 4 rings (SSSR count). The molecule has 0 bridgehead atoms. The predicted molar refractivity (Wildman–Crippen MR) is 121 cm³/mol. The Kier molecular flexibility index (Phi) is 6.77. The molecule has 0 aliphatic carbocycles. The third-order valence-corrected chi connectivity index (χ3v) is 6.16. The van der Waals surface area contributed by atoms with E-state index in [9.17, 15) is 9.59 Å². The van der Waals surface area contributed by atoms with Crippen LogP contribution in [0.1, 0.15) is 18.4 Å². The summed E-state index contributed by atoms with van der Waals surface area (Å²) < 4.78 is 0. The van der Waals surface area contributed by atoms with Gasteiger partial charge in [0.15, 0.2) is 0 Å². The van der Waals surface area contributed by atoms with Crippen LogP contribution >= 0.6 is 0 Å². The van der Waals surface area contributed by atoms with Gasteiger partial charge in [0.05, 0.1) is 6.54 Å². The highest BCUT2D eigenvalue weighted by Crippen LogP contribution is 2.23. The Bertz CT molecular complexity index is 924. The maximum absolute atomic E-state index is 13.3. The van der Waals surface area contributed by atoms with Crippen molar-refractivity contribution in [1.29, 1.82) is 0 Å². The van der Waals surface area contributed by atoms with Gasteiger partial charge in [-0.15, -0.1) is 6.58 Å². The number of hydrogen-bond acceptors (Lipinski definition) is 4. The number of rotatable bonds is 7. The second-order valence-corrected chi connectivity index (χ2v) is 8.31. The standard InChI is InChI=1S/C25H30N4O2/c1-2-11-28-14-15-29(24(30)19-27-12-3-4-13-27)23(25(28)31)17-20-7-5-8-21(16-20)22-9-6-10-26-18-22/h2,5-10,16,18,23H,1,3-4,11-15,17,19H2. The molecule has 2 saturated heterocycles. The summed E-state index contributed by atoms with van der Waals surface area (Å²) in [5, 5.41) is 0. The fourth-order valence-corrected chi connectivity index (χ4v) is 4.53. The summed E-state index contributed by atoms with van der Waals surface area (Å²) in [6.07, 6.45) is 8.13. The van der Waals surface area contributed by atoms with Gasteiger partial charge in [-0.2, -0.15) is 0 Å². The molecule has 1 unspecified atom stereocenters. The summed E-state index contributed by atoms with van der Waals surface area (Å²) in [4.78, 5) is 36.4. The first-order chi connectivity index (χ1) is 15.2. The molecule has 0 radical (unpaired) electrons. The largest absolute Gasteiger partial charge is 0.335 e. The van der Waals surface area contributed by atoms with Gasteiger partial charge in [0.1, 0.15) is 6.04 Å². The molecule has 1 atom stereocenters. The van der Waals surface area contributed by atoms with Gasteiger partial charge >= 0.3 is 0 Å². The molecule has 0 N–H and O–H groups in total. The van der Waals surface area contributed by atoms with E-state index in [1.165, 1.54) is 0 Å². The predicted octanol–water partition coefficient (Wildman–Crippen LogP) is 2.61. The summed E-state index contributed by atoms with van der Waals surface area (Å²) in [6.45, 7) is 7.76. The SMILES string of the molecule is C=CCN1CCN(C(=O)CN2CCCC2)C(Cc2cccc(-c3cccnc3)c2)C1=O. The van der Waals surface area contributed by atoms with Crippen LogP contribution in [0.15, 0.2) is 61.4 Å². The second kappa shape index (κ2) is 9.88. The van der Waals surface area contributed by atoms with Crippen LogP contribution in [0.4, 0.5) is 0 Å². The number of hydrogen-bond donors (Lipinski definition) is 0. The zero-order chi connectivity index (χ0) is 21.6.